The summed E-state index contributed by atoms with van der Waals surface area (Å²) in [5, 5.41) is 30.3. The zero-order chi connectivity index (χ0) is 20.4. The Kier molecular flexibility index (Phi) is 4.70. The molecule has 3 heteroatoms. The van der Waals surface area contributed by atoms with Crippen molar-refractivity contribution in [2.75, 3.05) is 0 Å². The molecule has 0 bridgehead atoms. The van der Waals surface area contributed by atoms with Crippen LogP contribution in [-0.2, 0) is 0 Å². The van der Waals surface area contributed by atoms with E-state index in [0.29, 0.717) is 16.7 Å². The van der Waals surface area contributed by atoms with E-state index in [9.17, 15) is 5.26 Å². The average molecular weight is 371 g/mol. The molecule has 0 saturated carbocycles. The van der Waals surface area contributed by atoms with Gasteiger partial charge in [-0.25, -0.2) is 0 Å². The first-order chi connectivity index (χ1) is 14.2. The molecule has 136 valence electrons. The minimum absolute atomic E-state index is 0.0995. The molecule has 29 heavy (non-hydrogen) atoms. The summed E-state index contributed by atoms with van der Waals surface area (Å²) in [6, 6.07) is 22.4. The van der Waals surface area contributed by atoms with Crippen LogP contribution < -0.4 is 10.4 Å². The van der Waals surface area contributed by atoms with Crippen LogP contribution in [0.25, 0.3) is 11.1 Å². The number of fused-ring (bicyclic) bond motifs is 1. The van der Waals surface area contributed by atoms with Crippen molar-refractivity contribution < 1.29 is 0 Å². The Morgan fingerprint density at radius 2 is 1.66 bits per heavy atom. The molecule has 2 aromatic carbocycles. The normalized spacial score (nSPS) is 19.0. The maximum absolute atomic E-state index is 9.77. The lowest BCUT2D eigenvalue weighted by Crippen LogP contribution is -2.25. The van der Waals surface area contributed by atoms with E-state index in [0.717, 1.165) is 39.1 Å². The maximum atomic E-state index is 9.77. The fourth-order valence-corrected chi connectivity index (χ4v) is 4.10. The molecule has 0 aromatic heterocycles. The summed E-state index contributed by atoms with van der Waals surface area (Å²) >= 11 is 0. The fraction of sp³-hybridized carbons (Fsp3) is 0.115. The second kappa shape index (κ2) is 7.47. The highest BCUT2D eigenvalue weighted by Crippen LogP contribution is 2.38. The Morgan fingerprint density at radius 3 is 2.24 bits per heavy atom. The van der Waals surface area contributed by atoms with Gasteiger partial charge in [-0.1, -0.05) is 48.6 Å². The van der Waals surface area contributed by atoms with Crippen LogP contribution in [0, 0.1) is 39.9 Å². The predicted octanol–water partition coefficient (Wildman–Crippen LogP) is 3.79. The number of allylic oxidation sites excluding steroid dienone is 6. The van der Waals surface area contributed by atoms with Crippen LogP contribution in [0.5, 0.6) is 0 Å². The van der Waals surface area contributed by atoms with Crippen molar-refractivity contribution in [1.29, 1.82) is 15.8 Å². The van der Waals surface area contributed by atoms with E-state index in [1.807, 2.05) is 55.5 Å². The molecular weight excluding hydrogens is 354 g/mol. The van der Waals surface area contributed by atoms with Gasteiger partial charge in [-0.3, -0.25) is 0 Å². The molecule has 1 unspecified atom stereocenters. The Bertz CT molecular complexity index is 1350. The van der Waals surface area contributed by atoms with Crippen molar-refractivity contribution in [3.05, 3.63) is 105 Å². The van der Waals surface area contributed by atoms with Gasteiger partial charge in [0.25, 0.3) is 0 Å². The Morgan fingerprint density at radius 1 is 0.931 bits per heavy atom. The lowest BCUT2D eigenvalue weighted by atomic mass is 9.82. The van der Waals surface area contributed by atoms with Gasteiger partial charge in [-0.05, 0) is 58.7 Å². The second-order valence-corrected chi connectivity index (χ2v) is 7.11. The van der Waals surface area contributed by atoms with Crippen LogP contribution in [0.15, 0.2) is 83.5 Å². The Hall–Kier alpha value is -4.13. The van der Waals surface area contributed by atoms with E-state index in [1.54, 1.807) is 0 Å². The summed E-state index contributed by atoms with van der Waals surface area (Å²) < 4.78 is 0. The molecule has 0 fully saturated rings. The lowest BCUT2D eigenvalue weighted by molar-refractivity contribution is 0.835. The number of nitrogens with zero attached hydrogens (tertiary/aromatic N) is 3. The van der Waals surface area contributed by atoms with Crippen molar-refractivity contribution in [3.8, 4) is 18.2 Å². The Balaban J connectivity index is 2.01. The minimum atomic E-state index is 0.0995. The lowest BCUT2D eigenvalue weighted by Gasteiger charge is -2.21. The van der Waals surface area contributed by atoms with Crippen molar-refractivity contribution >= 4 is 11.1 Å². The van der Waals surface area contributed by atoms with Gasteiger partial charge >= 0.3 is 0 Å². The summed E-state index contributed by atoms with van der Waals surface area (Å²) in [4.78, 5) is 0. The third kappa shape index (κ3) is 3.08. The number of hydrogen-bond donors (Lipinski definition) is 0. The highest BCUT2D eigenvalue weighted by atomic mass is 14.3. The average Bonchev–Trinajstić information content (AvgIpc) is 3.14. The van der Waals surface area contributed by atoms with E-state index in [4.69, 9.17) is 10.5 Å². The quantitative estimate of drug-likeness (QED) is 0.754. The molecule has 2 aromatic rings. The molecule has 0 spiro atoms. The number of benzene rings is 2. The molecule has 2 aliphatic rings. The molecule has 0 amide bonds. The van der Waals surface area contributed by atoms with Gasteiger partial charge in [0.05, 0.1) is 23.8 Å². The summed E-state index contributed by atoms with van der Waals surface area (Å²) in [7, 11) is 0. The van der Waals surface area contributed by atoms with Crippen LogP contribution >= 0.6 is 0 Å². The molecule has 3 nitrogen and oxygen atoms in total. The van der Waals surface area contributed by atoms with Crippen molar-refractivity contribution in [2.45, 2.75) is 13.3 Å². The molecule has 0 aliphatic heterocycles. The number of nitriles is 3. The van der Waals surface area contributed by atoms with Crippen LogP contribution in [0.2, 0.25) is 0 Å². The van der Waals surface area contributed by atoms with Crippen LogP contribution in [0.4, 0.5) is 0 Å². The molecule has 2 aliphatic carbocycles. The van der Waals surface area contributed by atoms with Crippen LogP contribution in [0.3, 0.4) is 0 Å². The van der Waals surface area contributed by atoms with Gasteiger partial charge < -0.3 is 0 Å². The van der Waals surface area contributed by atoms with Crippen molar-refractivity contribution in [3.63, 3.8) is 0 Å². The Labute approximate surface area is 169 Å². The third-order valence-electron chi connectivity index (χ3n) is 5.45. The van der Waals surface area contributed by atoms with E-state index >= 15 is 0 Å². The first-order valence-corrected chi connectivity index (χ1v) is 9.42. The van der Waals surface area contributed by atoms with E-state index in [1.165, 1.54) is 0 Å². The zero-order valence-corrected chi connectivity index (χ0v) is 16.0. The smallest absolute Gasteiger partial charge is 0.0991 e. The summed E-state index contributed by atoms with van der Waals surface area (Å²) in [6.45, 7) is 1.86. The minimum Gasteiger partial charge on any atom is -0.193 e. The second-order valence-electron chi connectivity index (χ2n) is 7.11. The van der Waals surface area contributed by atoms with E-state index in [-0.39, 0.29) is 5.92 Å². The van der Waals surface area contributed by atoms with Gasteiger partial charge in [0, 0.05) is 22.6 Å². The molecule has 0 N–H and O–H groups in total. The highest BCUT2D eigenvalue weighted by molar-refractivity contribution is 5.98. The first kappa shape index (κ1) is 18.2. The highest BCUT2D eigenvalue weighted by Gasteiger charge is 2.28. The molecule has 0 saturated heterocycles. The van der Waals surface area contributed by atoms with Crippen LogP contribution in [-0.4, -0.2) is 0 Å². The zero-order valence-electron chi connectivity index (χ0n) is 16.0. The largest absolute Gasteiger partial charge is 0.193 e. The topological polar surface area (TPSA) is 71.4 Å². The standard InChI is InChI=1S/C26H17N3/c1-17(14-27)24-25(20-10-6-18(15-28)7-11-20)22-4-2-3-5-23(22)26(24)21-12-8-19(16-29)9-13-21/h2-12,21H,13H2,1H3/b24-17+. The van der Waals surface area contributed by atoms with Crippen molar-refractivity contribution in [1.82, 2.24) is 0 Å². The van der Waals surface area contributed by atoms with Gasteiger partial charge in [0.1, 0.15) is 0 Å². The molecule has 0 radical (unpaired) electrons. The number of rotatable bonds is 2. The predicted molar refractivity (Wildman–Crippen MR) is 112 cm³/mol. The first-order valence-electron chi connectivity index (χ1n) is 9.42. The van der Waals surface area contributed by atoms with Gasteiger partial charge in [0.15, 0.2) is 0 Å². The van der Waals surface area contributed by atoms with Crippen molar-refractivity contribution in [2.24, 2.45) is 5.92 Å². The molecule has 1 atom stereocenters. The summed E-state index contributed by atoms with van der Waals surface area (Å²) in [6.07, 6.45) is 6.62. The summed E-state index contributed by atoms with van der Waals surface area (Å²) in [5.41, 5.74) is 6.06. The molecular formula is C26H17N3. The van der Waals surface area contributed by atoms with Gasteiger partial charge in [0.2, 0.25) is 0 Å². The molecule has 4 rings (SSSR count). The summed E-state index contributed by atoms with van der Waals surface area (Å²) in [5.74, 6) is 0.0995. The van der Waals surface area contributed by atoms with E-state index < -0.39 is 0 Å². The number of hydrogen-bond acceptors (Lipinski definition) is 3. The third-order valence-corrected chi connectivity index (χ3v) is 5.45. The molecule has 0 heterocycles. The monoisotopic (exact) mass is 371 g/mol. The van der Waals surface area contributed by atoms with Gasteiger partial charge in [-0.15, -0.1) is 0 Å². The fourth-order valence-electron chi connectivity index (χ4n) is 4.10. The van der Waals surface area contributed by atoms with Crippen LogP contribution in [0.1, 0.15) is 24.5 Å². The van der Waals surface area contributed by atoms with E-state index in [2.05, 4.69) is 36.4 Å². The maximum Gasteiger partial charge on any atom is 0.0991 e. The SMILES string of the molecule is C/C(C#N)=C1/C(c2ccc(C#N)cc2)=c2ccccc2=C1C1C=CC(C#N)=CC1. The van der Waals surface area contributed by atoms with Gasteiger partial charge in [-0.2, -0.15) is 15.8 Å².